The number of carbonyl (C=O) groups excluding carboxylic acids is 1. The predicted octanol–water partition coefficient (Wildman–Crippen LogP) is 23.2. The van der Waals surface area contributed by atoms with E-state index in [-0.39, 0.29) is 19.1 Å². The zero-order valence-corrected chi connectivity index (χ0v) is 56.8. The minimum atomic E-state index is -4.35. The molecule has 0 heterocycles. The highest BCUT2D eigenvalue weighted by Gasteiger charge is 2.28. The second-order valence-corrected chi connectivity index (χ2v) is 27.4. The lowest BCUT2D eigenvalue weighted by atomic mass is 10.0. The summed E-state index contributed by atoms with van der Waals surface area (Å²) in [6, 6.07) is -0.848. The van der Waals surface area contributed by atoms with Crippen LogP contribution in [0.15, 0.2) is 60.8 Å². The molecule has 0 aliphatic carbocycles. The summed E-state index contributed by atoms with van der Waals surface area (Å²) < 4.78 is 23.8. The van der Waals surface area contributed by atoms with Crippen LogP contribution in [0.4, 0.5) is 0 Å². The van der Waals surface area contributed by atoms with Crippen LogP contribution in [0.5, 0.6) is 0 Å². The van der Waals surface area contributed by atoms with E-state index in [1.807, 2.05) is 27.2 Å². The van der Waals surface area contributed by atoms with E-state index in [2.05, 4.69) is 67.8 Å². The van der Waals surface area contributed by atoms with Gasteiger partial charge in [-0.05, 0) is 57.8 Å². The number of unbranched alkanes of at least 4 members (excludes halogenated alkanes) is 46. The Morgan fingerprint density at radius 2 is 0.723 bits per heavy atom. The zero-order valence-electron chi connectivity index (χ0n) is 55.9. The minimum absolute atomic E-state index is 0.0627. The number of nitrogens with one attached hydrogen (secondary N) is 1. The van der Waals surface area contributed by atoms with E-state index in [0.717, 1.165) is 64.2 Å². The maximum absolute atomic E-state index is 13.1. The lowest BCUT2D eigenvalue weighted by Gasteiger charge is -2.25. The molecule has 488 valence electrons. The first-order chi connectivity index (χ1) is 40.5. The molecule has 0 saturated carbocycles. The van der Waals surface area contributed by atoms with Crippen molar-refractivity contribution in [3.63, 3.8) is 0 Å². The quantitative estimate of drug-likeness (QED) is 0.0243. The van der Waals surface area contributed by atoms with E-state index < -0.39 is 20.0 Å². The molecule has 3 unspecified atom stereocenters. The molecule has 0 aliphatic heterocycles. The molecule has 8 nitrogen and oxygen atoms in total. The summed E-state index contributed by atoms with van der Waals surface area (Å²) in [4.78, 5) is 23.4. The van der Waals surface area contributed by atoms with Gasteiger partial charge in [-0.3, -0.25) is 13.8 Å². The third-order valence-corrected chi connectivity index (χ3v) is 17.5. The molecule has 1 amide bonds. The smallest absolute Gasteiger partial charge is 0.387 e. The molecule has 0 rings (SSSR count). The summed E-state index contributed by atoms with van der Waals surface area (Å²) in [5.74, 6) is -0.170. The third-order valence-electron chi connectivity index (χ3n) is 16.5. The fourth-order valence-corrected chi connectivity index (χ4v) is 11.7. The molecule has 0 radical (unpaired) electrons. The largest absolute Gasteiger partial charge is 0.472 e. The number of likely N-dealkylation sites (N-methyl/N-ethyl adjacent to an activating group) is 1. The lowest BCUT2D eigenvalue weighted by Crippen LogP contribution is -2.45. The fraction of sp³-hybridized carbons (Fsp3) is 0.851. The SMILES string of the molecule is CC/C=C\C/C=C\C/C=C\C/C=C\CCCCCCCCCCCCCCCCCCCCCCCCC(=O)NC(COP(=O)(O)OCC[N+](C)(C)C)C(O)/C=C/CCCCCCCCCCCCCCCCCCCCCCCCCC. The van der Waals surface area contributed by atoms with Crippen LogP contribution in [0.1, 0.15) is 354 Å². The Balaban J connectivity index is 4.00. The van der Waals surface area contributed by atoms with Gasteiger partial charge in [0, 0.05) is 6.42 Å². The van der Waals surface area contributed by atoms with Gasteiger partial charge in [-0.2, -0.15) is 0 Å². The van der Waals surface area contributed by atoms with Gasteiger partial charge in [0.2, 0.25) is 5.91 Å². The van der Waals surface area contributed by atoms with E-state index in [1.165, 1.54) is 270 Å². The van der Waals surface area contributed by atoms with Gasteiger partial charge in [0.05, 0.1) is 39.9 Å². The Morgan fingerprint density at radius 3 is 1.06 bits per heavy atom. The van der Waals surface area contributed by atoms with E-state index in [4.69, 9.17) is 9.05 Å². The summed E-state index contributed by atoms with van der Waals surface area (Å²) in [6.07, 6.45) is 89.5. The molecule has 83 heavy (non-hydrogen) atoms. The molecule has 0 bridgehead atoms. The Bertz CT molecular complexity index is 1540. The summed E-state index contributed by atoms with van der Waals surface area (Å²) in [5.41, 5.74) is 0. The van der Waals surface area contributed by atoms with Crippen molar-refractivity contribution < 1.29 is 32.9 Å². The van der Waals surface area contributed by atoms with Gasteiger partial charge in [-0.15, -0.1) is 0 Å². The summed E-state index contributed by atoms with van der Waals surface area (Å²) in [6.45, 7) is 4.76. The van der Waals surface area contributed by atoms with Gasteiger partial charge in [0.1, 0.15) is 13.2 Å². The number of hydrogen-bond donors (Lipinski definition) is 3. The highest BCUT2D eigenvalue weighted by atomic mass is 31.2. The second kappa shape index (κ2) is 64.7. The van der Waals surface area contributed by atoms with Crippen LogP contribution in [0, 0.1) is 0 Å². The molecule has 0 saturated heterocycles. The average Bonchev–Trinajstić information content (AvgIpc) is 3.49. The van der Waals surface area contributed by atoms with Crippen LogP contribution in [0.3, 0.4) is 0 Å². The minimum Gasteiger partial charge on any atom is -0.387 e. The number of hydrogen-bond acceptors (Lipinski definition) is 5. The summed E-state index contributed by atoms with van der Waals surface area (Å²) in [5, 5.41) is 14.0. The Kier molecular flexibility index (Phi) is 63.3. The number of allylic oxidation sites excluding steroid dienone is 9. The number of rotatable bonds is 67. The van der Waals surface area contributed by atoms with Crippen molar-refractivity contribution in [1.29, 1.82) is 0 Å². The lowest BCUT2D eigenvalue weighted by molar-refractivity contribution is -0.870. The maximum atomic E-state index is 13.1. The molecule has 0 aromatic rings. The maximum Gasteiger partial charge on any atom is 0.472 e. The first-order valence-electron chi connectivity index (χ1n) is 36.2. The van der Waals surface area contributed by atoms with Gasteiger partial charge < -0.3 is 19.8 Å². The molecule has 3 atom stereocenters. The van der Waals surface area contributed by atoms with Gasteiger partial charge in [-0.25, -0.2) is 4.57 Å². The normalized spacial score (nSPS) is 14.0. The molecule has 0 aromatic heterocycles. The number of nitrogens with zero attached hydrogens (tertiary/aromatic N) is 1. The Morgan fingerprint density at radius 1 is 0.422 bits per heavy atom. The van der Waals surface area contributed by atoms with Crippen molar-refractivity contribution >= 4 is 13.7 Å². The van der Waals surface area contributed by atoms with Crippen LogP contribution >= 0.6 is 7.82 Å². The summed E-state index contributed by atoms with van der Waals surface area (Å²) in [7, 11) is 1.59. The molecule has 3 N–H and O–H groups in total. The molecule has 0 aromatic carbocycles. The molecule has 9 heteroatoms. The van der Waals surface area contributed by atoms with Crippen LogP contribution in [0.25, 0.3) is 0 Å². The van der Waals surface area contributed by atoms with Gasteiger partial charge >= 0.3 is 7.82 Å². The van der Waals surface area contributed by atoms with Crippen LogP contribution in [-0.2, 0) is 18.4 Å². The second-order valence-electron chi connectivity index (χ2n) is 25.9. The average molecular weight is 1190 g/mol. The van der Waals surface area contributed by atoms with E-state index in [0.29, 0.717) is 17.4 Å². The highest BCUT2D eigenvalue weighted by molar-refractivity contribution is 7.47. The van der Waals surface area contributed by atoms with Crippen molar-refractivity contribution in [2.75, 3.05) is 40.9 Å². The zero-order chi connectivity index (χ0) is 60.5. The number of amides is 1. The topological polar surface area (TPSA) is 105 Å². The Hall–Kier alpha value is -1.80. The molecular weight excluding hydrogens is 1040 g/mol. The van der Waals surface area contributed by atoms with E-state index in [1.54, 1.807) is 6.08 Å². The number of aliphatic hydroxyl groups is 1. The van der Waals surface area contributed by atoms with Crippen molar-refractivity contribution in [1.82, 2.24) is 5.32 Å². The van der Waals surface area contributed by atoms with Gasteiger partial charge in [-0.1, -0.05) is 351 Å². The van der Waals surface area contributed by atoms with Gasteiger partial charge in [0.25, 0.3) is 0 Å². The first-order valence-corrected chi connectivity index (χ1v) is 37.7. The number of aliphatic hydroxyl groups excluding tert-OH is 1. The summed E-state index contributed by atoms with van der Waals surface area (Å²) >= 11 is 0. The third kappa shape index (κ3) is 67.6. The van der Waals surface area contributed by atoms with E-state index in [9.17, 15) is 19.4 Å². The number of quaternary nitrogens is 1. The van der Waals surface area contributed by atoms with E-state index >= 15 is 0 Å². The monoisotopic (exact) mass is 1190 g/mol. The highest BCUT2D eigenvalue weighted by Crippen LogP contribution is 2.43. The molecule has 0 aliphatic rings. The van der Waals surface area contributed by atoms with Crippen molar-refractivity contribution in [3.8, 4) is 0 Å². The van der Waals surface area contributed by atoms with Gasteiger partial charge in [0.15, 0.2) is 0 Å². The fourth-order valence-electron chi connectivity index (χ4n) is 10.9. The Labute approximate surface area is 517 Å². The standard InChI is InChI=1S/C74H141N2O6P/c1-6-8-10-12-14-16-18-20-22-24-26-28-30-32-34-35-36-37-38-39-40-41-42-44-46-48-50-52-54-56-58-60-62-64-66-68-74(78)75-72(71-82-83(79,80)81-70-69-76(3,4)5)73(77)67-65-63-61-59-57-55-53-51-49-47-45-43-33-31-29-27-25-23-21-19-17-15-13-11-9-7-2/h8,10,14,16,20,22,26,28,65,67,72-73,77H,6-7,9,11-13,15,17-19,21,23-25,27,29-64,66,68-71H2,1-5H3,(H-,75,78,79,80)/p+1/b10-8-,16-14-,22-20-,28-26-,67-65+. The number of phosphoric acid groups is 1. The van der Waals surface area contributed by atoms with Crippen LogP contribution in [0.2, 0.25) is 0 Å². The van der Waals surface area contributed by atoms with Crippen molar-refractivity contribution in [3.05, 3.63) is 60.8 Å². The van der Waals surface area contributed by atoms with Crippen molar-refractivity contribution in [2.24, 2.45) is 0 Å². The number of carbonyl (C=O) groups is 1. The van der Waals surface area contributed by atoms with Crippen molar-refractivity contribution in [2.45, 2.75) is 366 Å². The molecular formula is C74H142N2O6P+. The van der Waals surface area contributed by atoms with Crippen LogP contribution in [-0.4, -0.2) is 73.4 Å². The molecule has 0 spiro atoms. The van der Waals surface area contributed by atoms with Crippen LogP contribution < -0.4 is 5.32 Å². The number of phosphoric ester groups is 1. The molecule has 0 fully saturated rings. The first kappa shape index (κ1) is 81.2. The predicted molar refractivity (Wildman–Crippen MR) is 364 cm³/mol.